The Balaban J connectivity index is 1.92. The highest BCUT2D eigenvalue weighted by molar-refractivity contribution is 5.94. The summed E-state index contributed by atoms with van der Waals surface area (Å²) in [6.07, 6.45) is 1.94. The minimum atomic E-state index is -0.346. The van der Waals surface area contributed by atoms with E-state index in [0.29, 0.717) is 17.9 Å². The molecule has 0 bridgehead atoms. The number of carbonyl (C=O) groups is 2. The molecule has 0 radical (unpaired) electrons. The van der Waals surface area contributed by atoms with Crippen molar-refractivity contribution >= 4 is 17.6 Å². The van der Waals surface area contributed by atoms with Crippen molar-refractivity contribution in [1.29, 1.82) is 0 Å². The second-order valence-electron chi connectivity index (χ2n) is 4.83. The van der Waals surface area contributed by atoms with E-state index in [2.05, 4.69) is 10.6 Å². The summed E-state index contributed by atoms with van der Waals surface area (Å²) in [5.74, 6) is -0.295. The van der Waals surface area contributed by atoms with E-state index < -0.39 is 0 Å². The Morgan fingerprint density at radius 1 is 1.35 bits per heavy atom. The van der Waals surface area contributed by atoms with Crippen molar-refractivity contribution in [2.75, 3.05) is 25.0 Å². The minimum absolute atomic E-state index is 0.0217. The van der Waals surface area contributed by atoms with E-state index in [1.54, 1.807) is 31.2 Å². The van der Waals surface area contributed by atoms with Gasteiger partial charge in [0.05, 0.1) is 18.1 Å². The van der Waals surface area contributed by atoms with Crippen LogP contribution in [0.15, 0.2) is 24.3 Å². The number of hydrogen-bond donors (Lipinski definition) is 2. The van der Waals surface area contributed by atoms with Gasteiger partial charge in [-0.05, 0) is 50.6 Å². The van der Waals surface area contributed by atoms with Crippen molar-refractivity contribution < 1.29 is 14.3 Å². The molecule has 2 N–H and O–H groups in total. The number of piperidine rings is 1. The van der Waals surface area contributed by atoms with Crippen molar-refractivity contribution in [2.45, 2.75) is 19.8 Å². The van der Waals surface area contributed by atoms with Crippen LogP contribution in [0.2, 0.25) is 0 Å². The van der Waals surface area contributed by atoms with Crippen molar-refractivity contribution in [3.8, 4) is 0 Å². The number of hydrogen-bond acceptors (Lipinski definition) is 4. The van der Waals surface area contributed by atoms with Crippen LogP contribution in [0.4, 0.5) is 5.69 Å². The topological polar surface area (TPSA) is 67.4 Å². The van der Waals surface area contributed by atoms with E-state index in [-0.39, 0.29) is 17.8 Å². The van der Waals surface area contributed by atoms with Crippen LogP contribution < -0.4 is 10.6 Å². The number of ether oxygens (including phenoxy) is 1. The first kappa shape index (κ1) is 14.5. The maximum absolute atomic E-state index is 12.0. The van der Waals surface area contributed by atoms with Gasteiger partial charge < -0.3 is 15.4 Å². The molecule has 1 aliphatic rings. The fourth-order valence-electron chi connectivity index (χ4n) is 2.22. The number of amides is 1. The molecule has 108 valence electrons. The molecule has 1 aromatic rings. The van der Waals surface area contributed by atoms with E-state index >= 15 is 0 Å². The highest BCUT2D eigenvalue weighted by Gasteiger charge is 2.20. The number of nitrogens with one attached hydrogen (secondary N) is 2. The van der Waals surface area contributed by atoms with E-state index in [0.717, 1.165) is 25.9 Å². The average Bonchev–Trinajstić information content (AvgIpc) is 2.49. The van der Waals surface area contributed by atoms with Gasteiger partial charge in [0, 0.05) is 12.2 Å². The number of esters is 1. The zero-order chi connectivity index (χ0) is 14.4. The third-order valence-electron chi connectivity index (χ3n) is 3.33. The molecule has 5 nitrogen and oxygen atoms in total. The molecule has 0 aliphatic carbocycles. The van der Waals surface area contributed by atoms with Gasteiger partial charge in [-0.2, -0.15) is 0 Å². The molecule has 0 aromatic heterocycles. The Bertz CT molecular complexity index is 465. The Morgan fingerprint density at radius 2 is 2.10 bits per heavy atom. The van der Waals surface area contributed by atoms with E-state index in [9.17, 15) is 9.59 Å². The van der Waals surface area contributed by atoms with Crippen LogP contribution in [-0.4, -0.2) is 31.6 Å². The Labute approximate surface area is 118 Å². The smallest absolute Gasteiger partial charge is 0.338 e. The SMILES string of the molecule is CCOC(=O)c1ccc(NC(=O)[C@H]2CCCNC2)cc1. The lowest BCUT2D eigenvalue weighted by Crippen LogP contribution is -2.37. The van der Waals surface area contributed by atoms with Crippen molar-refractivity contribution in [3.05, 3.63) is 29.8 Å². The van der Waals surface area contributed by atoms with Crippen LogP contribution in [0.3, 0.4) is 0 Å². The normalized spacial score (nSPS) is 18.4. The van der Waals surface area contributed by atoms with Gasteiger partial charge in [-0.3, -0.25) is 4.79 Å². The highest BCUT2D eigenvalue weighted by atomic mass is 16.5. The maximum Gasteiger partial charge on any atom is 0.338 e. The number of carbonyl (C=O) groups excluding carboxylic acids is 2. The third kappa shape index (κ3) is 3.81. The second kappa shape index (κ2) is 7.05. The maximum atomic E-state index is 12.0. The second-order valence-corrected chi connectivity index (χ2v) is 4.83. The quantitative estimate of drug-likeness (QED) is 0.823. The Kier molecular flexibility index (Phi) is 5.12. The zero-order valence-electron chi connectivity index (χ0n) is 11.6. The lowest BCUT2D eigenvalue weighted by atomic mass is 9.99. The number of rotatable bonds is 4. The summed E-state index contributed by atoms with van der Waals surface area (Å²) in [7, 11) is 0. The molecule has 1 heterocycles. The monoisotopic (exact) mass is 276 g/mol. The van der Waals surface area contributed by atoms with Crippen molar-refractivity contribution in [2.24, 2.45) is 5.92 Å². The molecule has 20 heavy (non-hydrogen) atoms. The van der Waals surface area contributed by atoms with Crippen LogP contribution in [0, 0.1) is 5.92 Å². The van der Waals surface area contributed by atoms with Gasteiger partial charge in [-0.25, -0.2) is 4.79 Å². The van der Waals surface area contributed by atoms with Crippen LogP contribution in [0.5, 0.6) is 0 Å². The van der Waals surface area contributed by atoms with E-state index in [4.69, 9.17) is 4.74 Å². The summed E-state index contributed by atoms with van der Waals surface area (Å²) in [6, 6.07) is 6.76. The molecule has 0 spiro atoms. The highest BCUT2D eigenvalue weighted by Crippen LogP contribution is 2.15. The predicted molar refractivity (Wildman–Crippen MR) is 76.6 cm³/mol. The standard InChI is InChI=1S/C15H20N2O3/c1-2-20-15(19)11-5-7-13(8-6-11)17-14(18)12-4-3-9-16-10-12/h5-8,12,16H,2-4,9-10H2,1H3,(H,17,18)/t12-/m0/s1. The van der Waals surface area contributed by atoms with Crippen LogP contribution in [-0.2, 0) is 9.53 Å². The molecule has 2 rings (SSSR count). The summed E-state index contributed by atoms with van der Waals surface area (Å²) in [5.41, 5.74) is 1.19. The number of benzene rings is 1. The molecular formula is C15H20N2O3. The van der Waals surface area contributed by atoms with Gasteiger partial charge in [-0.15, -0.1) is 0 Å². The molecule has 1 aromatic carbocycles. The molecule has 1 aliphatic heterocycles. The van der Waals surface area contributed by atoms with Crippen molar-refractivity contribution in [3.63, 3.8) is 0 Å². The minimum Gasteiger partial charge on any atom is -0.462 e. The predicted octanol–water partition coefficient (Wildman–Crippen LogP) is 1.80. The molecular weight excluding hydrogens is 256 g/mol. The fourth-order valence-corrected chi connectivity index (χ4v) is 2.22. The first-order chi connectivity index (χ1) is 9.70. The first-order valence-corrected chi connectivity index (χ1v) is 6.99. The molecule has 0 saturated carbocycles. The molecule has 1 saturated heterocycles. The average molecular weight is 276 g/mol. The lowest BCUT2D eigenvalue weighted by molar-refractivity contribution is -0.120. The Hall–Kier alpha value is -1.88. The molecule has 5 heteroatoms. The van der Waals surface area contributed by atoms with Crippen LogP contribution in [0.25, 0.3) is 0 Å². The molecule has 1 atom stereocenters. The fraction of sp³-hybridized carbons (Fsp3) is 0.467. The van der Waals surface area contributed by atoms with Gasteiger partial charge >= 0.3 is 5.97 Å². The van der Waals surface area contributed by atoms with Crippen LogP contribution in [0.1, 0.15) is 30.1 Å². The zero-order valence-corrected chi connectivity index (χ0v) is 11.6. The first-order valence-electron chi connectivity index (χ1n) is 6.99. The molecule has 1 fully saturated rings. The summed E-state index contributed by atoms with van der Waals surface area (Å²) >= 11 is 0. The van der Waals surface area contributed by atoms with E-state index in [1.807, 2.05) is 0 Å². The summed E-state index contributed by atoms with van der Waals surface area (Å²) < 4.78 is 4.91. The summed E-state index contributed by atoms with van der Waals surface area (Å²) in [4.78, 5) is 23.6. The van der Waals surface area contributed by atoms with Gasteiger partial charge in [0.2, 0.25) is 5.91 Å². The van der Waals surface area contributed by atoms with E-state index in [1.165, 1.54) is 0 Å². The van der Waals surface area contributed by atoms with Crippen molar-refractivity contribution in [1.82, 2.24) is 5.32 Å². The third-order valence-corrected chi connectivity index (χ3v) is 3.33. The lowest BCUT2D eigenvalue weighted by Gasteiger charge is -2.21. The van der Waals surface area contributed by atoms with Gasteiger partial charge in [0.15, 0.2) is 0 Å². The van der Waals surface area contributed by atoms with Gasteiger partial charge in [0.25, 0.3) is 0 Å². The Morgan fingerprint density at radius 3 is 2.70 bits per heavy atom. The molecule has 0 unspecified atom stereocenters. The number of anilines is 1. The van der Waals surface area contributed by atoms with Crippen LogP contribution >= 0.6 is 0 Å². The van der Waals surface area contributed by atoms with Gasteiger partial charge in [0.1, 0.15) is 0 Å². The summed E-state index contributed by atoms with van der Waals surface area (Å²) in [6.45, 7) is 3.83. The van der Waals surface area contributed by atoms with Gasteiger partial charge in [-0.1, -0.05) is 0 Å². The summed E-state index contributed by atoms with van der Waals surface area (Å²) in [5, 5.41) is 6.10. The molecule has 1 amide bonds. The largest absolute Gasteiger partial charge is 0.462 e.